The first kappa shape index (κ1) is 13.7. The minimum Gasteiger partial charge on any atom is -0.207 e. The van der Waals surface area contributed by atoms with Crippen LogP contribution in [0.15, 0.2) is 42.5 Å². The highest BCUT2D eigenvalue weighted by Crippen LogP contribution is 2.21. The summed E-state index contributed by atoms with van der Waals surface area (Å²) in [6.45, 7) is 2.12. The standard InChI is InChI=1S/C15H12ClFN4/c1-10-5-2-3-6-11(10)15-18-20-21(19-15)9-12-13(16)7-4-8-14(12)17/h2-8H,9H2,1H3. The van der Waals surface area contributed by atoms with Gasteiger partial charge in [0.2, 0.25) is 5.82 Å². The Hall–Kier alpha value is -2.27. The predicted octanol–water partition coefficient (Wildman–Crippen LogP) is 3.49. The molecule has 0 spiro atoms. The normalized spacial score (nSPS) is 10.8. The van der Waals surface area contributed by atoms with Crippen molar-refractivity contribution in [1.82, 2.24) is 20.2 Å². The van der Waals surface area contributed by atoms with Crippen LogP contribution in [0.25, 0.3) is 11.4 Å². The Balaban J connectivity index is 1.91. The Morgan fingerprint density at radius 1 is 1.14 bits per heavy atom. The molecule has 0 saturated carbocycles. The number of benzene rings is 2. The SMILES string of the molecule is Cc1ccccc1-c1nnn(Cc2c(F)cccc2Cl)n1. The fourth-order valence-corrected chi connectivity index (χ4v) is 2.29. The molecule has 0 saturated heterocycles. The van der Waals surface area contributed by atoms with Gasteiger partial charge in [-0.2, -0.15) is 4.80 Å². The highest BCUT2D eigenvalue weighted by molar-refractivity contribution is 6.31. The molecule has 0 aliphatic heterocycles. The van der Waals surface area contributed by atoms with Crippen molar-refractivity contribution in [2.75, 3.05) is 0 Å². The average Bonchev–Trinajstić information content (AvgIpc) is 2.92. The molecule has 0 N–H and O–H groups in total. The number of aryl methyl sites for hydroxylation is 1. The molecule has 0 aliphatic rings. The predicted molar refractivity (Wildman–Crippen MR) is 78.5 cm³/mol. The van der Waals surface area contributed by atoms with Crippen LogP contribution in [0.5, 0.6) is 0 Å². The van der Waals surface area contributed by atoms with Gasteiger partial charge >= 0.3 is 0 Å². The maximum atomic E-state index is 13.8. The van der Waals surface area contributed by atoms with Crippen LogP contribution >= 0.6 is 11.6 Å². The number of aromatic nitrogens is 4. The summed E-state index contributed by atoms with van der Waals surface area (Å²) in [6.07, 6.45) is 0. The number of halogens is 2. The molecule has 1 heterocycles. The Kier molecular flexibility index (Phi) is 3.66. The van der Waals surface area contributed by atoms with E-state index in [1.165, 1.54) is 10.9 Å². The maximum absolute atomic E-state index is 13.8. The van der Waals surface area contributed by atoms with E-state index < -0.39 is 0 Å². The highest BCUT2D eigenvalue weighted by Gasteiger charge is 2.12. The topological polar surface area (TPSA) is 43.6 Å². The minimum absolute atomic E-state index is 0.143. The molecule has 0 atom stereocenters. The van der Waals surface area contributed by atoms with Crippen LogP contribution in [0.2, 0.25) is 5.02 Å². The quantitative estimate of drug-likeness (QED) is 0.744. The van der Waals surface area contributed by atoms with Gasteiger partial charge in [-0.25, -0.2) is 4.39 Å². The van der Waals surface area contributed by atoms with Gasteiger partial charge in [0, 0.05) is 16.1 Å². The summed E-state index contributed by atoms with van der Waals surface area (Å²) in [7, 11) is 0. The first-order valence-electron chi connectivity index (χ1n) is 6.42. The molecule has 0 radical (unpaired) electrons. The largest absolute Gasteiger partial charge is 0.207 e. The van der Waals surface area contributed by atoms with Crippen molar-refractivity contribution in [3.63, 3.8) is 0 Å². The zero-order chi connectivity index (χ0) is 14.8. The van der Waals surface area contributed by atoms with E-state index in [1.807, 2.05) is 31.2 Å². The van der Waals surface area contributed by atoms with Crippen LogP contribution < -0.4 is 0 Å². The van der Waals surface area contributed by atoms with E-state index >= 15 is 0 Å². The average molecular weight is 303 g/mol. The molecule has 3 aromatic rings. The van der Waals surface area contributed by atoms with Gasteiger partial charge in [0.1, 0.15) is 5.82 Å². The molecule has 21 heavy (non-hydrogen) atoms. The van der Waals surface area contributed by atoms with Crippen molar-refractivity contribution in [2.24, 2.45) is 0 Å². The zero-order valence-electron chi connectivity index (χ0n) is 11.3. The second kappa shape index (κ2) is 5.61. The lowest BCUT2D eigenvalue weighted by Crippen LogP contribution is -2.06. The molecule has 0 aliphatic carbocycles. The highest BCUT2D eigenvalue weighted by atomic mass is 35.5. The molecule has 0 unspecified atom stereocenters. The molecule has 4 nitrogen and oxygen atoms in total. The molecule has 0 fully saturated rings. The number of hydrogen-bond donors (Lipinski definition) is 0. The molecule has 6 heteroatoms. The van der Waals surface area contributed by atoms with Crippen molar-refractivity contribution in [2.45, 2.75) is 13.5 Å². The Labute approximate surface area is 126 Å². The van der Waals surface area contributed by atoms with Crippen LogP contribution in [-0.4, -0.2) is 20.2 Å². The summed E-state index contributed by atoms with van der Waals surface area (Å²) in [5.41, 5.74) is 2.32. The van der Waals surface area contributed by atoms with Crippen LogP contribution in [0.3, 0.4) is 0 Å². The number of nitrogens with zero attached hydrogens (tertiary/aromatic N) is 4. The summed E-state index contributed by atoms with van der Waals surface area (Å²) in [6, 6.07) is 12.3. The lowest BCUT2D eigenvalue weighted by Gasteiger charge is -2.04. The molecule has 1 aromatic heterocycles. The zero-order valence-corrected chi connectivity index (χ0v) is 12.0. The summed E-state index contributed by atoms with van der Waals surface area (Å²) in [5, 5.41) is 12.6. The first-order chi connectivity index (χ1) is 10.1. The summed E-state index contributed by atoms with van der Waals surface area (Å²) in [5.74, 6) is 0.137. The van der Waals surface area contributed by atoms with E-state index in [9.17, 15) is 4.39 Å². The summed E-state index contributed by atoms with van der Waals surface area (Å²) in [4.78, 5) is 1.34. The molecular formula is C15H12ClFN4. The van der Waals surface area contributed by atoms with Gasteiger partial charge in [0.15, 0.2) is 0 Å². The molecule has 0 bridgehead atoms. The van der Waals surface area contributed by atoms with Crippen LogP contribution in [-0.2, 0) is 6.54 Å². The van der Waals surface area contributed by atoms with E-state index in [0.717, 1.165) is 11.1 Å². The van der Waals surface area contributed by atoms with E-state index in [-0.39, 0.29) is 12.4 Å². The summed E-state index contributed by atoms with van der Waals surface area (Å²) < 4.78 is 13.8. The fraction of sp³-hybridized carbons (Fsp3) is 0.133. The fourth-order valence-electron chi connectivity index (χ4n) is 2.07. The minimum atomic E-state index is -0.378. The molecule has 0 amide bonds. The third-order valence-electron chi connectivity index (χ3n) is 3.20. The van der Waals surface area contributed by atoms with Crippen LogP contribution in [0, 0.1) is 12.7 Å². The maximum Gasteiger partial charge on any atom is 0.205 e. The Morgan fingerprint density at radius 2 is 1.95 bits per heavy atom. The van der Waals surface area contributed by atoms with E-state index in [1.54, 1.807) is 12.1 Å². The number of hydrogen-bond acceptors (Lipinski definition) is 3. The lowest BCUT2D eigenvalue weighted by atomic mass is 10.1. The van der Waals surface area contributed by atoms with Crippen molar-refractivity contribution >= 4 is 11.6 Å². The van der Waals surface area contributed by atoms with Gasteiger partial charge in [-0.05, 0) is 29.8 Å². The first-order valence-corrected chi connectivity index (χ1v) is 6.79. The smallest absolute Gasteiger partial charge is 0.205 e. The number of rotatable bonds is 3. The molecule has 2 aromatic carbocycles. The molecule has 106 valence electrons. The second-order valence-electron chi connectivity index (χ2n) is 4.66. The van der Waals surface area contributed by atoms with Gasteiger partial charge in [0.05, 0.1) is 6.54 Å². The third kappa shape index (κ3) is 2.78. The van der Waals surface area contributed by atoms with Gasteiger partial charge in [-0.15, -0.1) is 10.2 Å². The van der Waals surface area contributed by atoms with Gasteiger partial charge in [-0.3, -0.25) is 0 Å². The van der Waals surface area contributed by atoms with Crippen LogP contribution in [0.1, 0.15) is 11.1 Å². The number of tetrazole rings is 1. The monoisotopic (exact) mass is 302 g/mol. The van der Waals surface area contributed by atoms with Crippen LogP contribution in [0.4, 0.5) is 4.39 Å². The van der Waals surface area contributed by atoms with Gasteiger partial charge in [0.25, 0.3) is 0 Å². The third-order valence-corrected chi connectivity index (χ3v) is 3.55. The summed E-state index contributed by atoms with van der Waals surface area (Å²) >= 11 is 6.00. The van der Waals surface area contributed by atoms with Gasteiger partial charge in [-0.1, -0.05) is 41.9 Å². The van der Waals surface area contributed by atoms with Crippen molar-refractivity contribution in [3.8, 4) is 11.4 Å². The Bertz CT molecular complexity index is 765. The second-order valence-corrected chi connectivity index (χ2v) is 5.07. The van der Waals surface area contributed by atoms with E-state index in [4.69, 9.17) is 11.6 Å². The van der Waals surface area contributed by atoms with Gasteiger partial charge < -0.3 is 0 Å². The van der Waals surface area contributed by atoms with E-state index in [0.29, 0.717) is 16.4 Å². The van der Waals surface area contributed by atoms with Crippen molar-refractivity contribution in [3.05, 3.63) is 64.4 Å². The van der Waals surface area contributed by atoms with E-state index in [2.05, 4.69) is 15.4 Å². The van der Waals surface area contributed by atoms with Crippen molar-refractivity contribution < 1.29 is 4.39 Å². The lowest BCUT2D eigenvalue weighted by molar-refractivity contribution is 0.539. The molecule has 3 rings (SSSR count). The molecular weight excluding hydrogens is 291 g/mol. The van der Waals surface area contributed by atoms with Crippen molar-refractivity contribution in [1.29, 1.82) is 0 Å². The Morgan fingerprint density at radius 3 is 2.71 bits per heavy atom.